The van der Waals surface area contributed by atoms with Gasteiger partial charge in [-0.25, -0.2) is 8.42 Å². The number of hydrogen-bond donors (Lipinski definition) is 1. The van der Waals surface area contributed by atoms with Crippen molar-refractivity contribution in [2.24, 2.45) is 0 Å². The van der Waals surface area contributed by atoms with E-state index in [0.29, 0.717) is 6.54 Å². The summed E-state index contributed by atoms with van der Waals surface area (Å²) in [5.74, 6) is 0. The molecule has 0 aromatic heterocycles. The first-order chi connectivity index (χ1) is 7.43. The fraction of sp³-hybridized carbons (Fsp3) is 1.00. The van der Waals surface area contributed by atoms with E-state index in [2.05, 4.69) is 26.1 Å². The number of nitrogens with one attached hydrogen (secondary N) is 1. The summed E-state index contributed by atoms with van der Waals surface area (Å²) < 4.78 is 23.4. The van der Waals surface area contributed by atoms with Gasteiger partial charge >= 0.3 is 0 Å². The summed E-state index contributed by atoms with van der Waals surface area (Å²) in [6.45, 7) is 7.69. The molecule has 0 rings (SSSR count). The summed E-state index contributed by atoms with van der Waals surface area (Å²) >= 11 is 0. The van der Waals surface area contributed by atoms with E-state index in [0.717, 1.165) is 38.6 Å². The van der Waals surface area contributed by atoms with Crippen molar-refractivity contribution in [3.8, 4) is 0 Å². The van der Waals surface area contributed by atoms with Gasteiger partial charge in [-0.15, -0.1) is 0 Å². The third kappa shape index (κ3) is 4.42. The highest BCUT2D eigenvalue weighted by atomic mass is 32.2. The summed E-state index contributed by atoms with van der Waals surface area (Å²) in [6.07, 6.45) is 5.78. The van der Waals surface area contributed by atoms with Crippen LogP contribution in [0.5, 0.6) is 0 Å². The summed E-state index contributed by atoms with van der Waals surface area (Å²) in [4.78, 5) is 0. The Morgan fingerprint density at radius 1 is 1.00 bits per heavy atom. The van der Waals surface area contributed by atoms with Crippen molar-refractivity contribution in [2.45, 2.75) is 57.6 Å². The standard InChI is InChI=1S/C12H27NO2S/c1-5-8-12(9-6-2,16(4,14)15)11-13-10-7-3/h13H,5-11H2,1-4H3. The van der Waals surface area contributed by atoms with Crippen LogP contribution in [0, 0.1) is 0 Å². The van der Waals surface area contributed by atoms with E-state index in [4.69, 9.17) is 0 Å². The Bertz CT molecular complexity index is 267. The largest absolute Gasteiger partial charge is 0.315 e. The zero-order valence-electron chi connectivity index (χ0n) is 11.2. The molecule has 98 valence electrons. The Labute approximate surface area is 101 Å². The monoisotopic (exact) mass is 249 g/mol. The van der Waals surface area contributed by atoms with Crippen LogP contribution < -0.4 is 5.32 Å². The fourth-order valence-corrected chi connectivity index (χ4v) is 3.72. The first-order valence-electron chi connectivity index (χ1n) is 6.33. The molecule has 0 saturated carbocycles. The lowest BCUT2D eigenvalue weighted by atomic mass is 9.97. The zero-order chi connectivity index (χ0) is 12.7. The lowest BCUT2D eigenvalue weighted by Gasteiger charge is -2.32. The van der Waals surface area contributed by atoms with Gasteiger partial charge in [-0.05, 0) is 25.8 Å². The summed E-state index contributed by atoms with van der Waals surface area (Å²) in [5.41, 5.74) is 0. The molecule has 0 heterocycles. The smallest absolute Gasteiger partial charge is 0.154 e. The zero-order valence-corrected chi connectivity index (χ0v) is 12.0. The molecular formula is C12H27NO2S. The van der Waals surface area contributed by atoms with Crippen LogP contribution in [0.15, 0.2) is 0 Å². The van der Waals surface area contributed by atoms with Gasteiger partial charge in [0.25, 0.3) is 0 Å². The summed E-state index contributed by atoms with van der Waals surface area (Å²) in [6, 6.07) is 0. The molecule has 0 aliphatic carbocycles. The maximum absolute atomic E-state index is 12.0. The van der Waals surface area contributed by atoms with Gasteiger partial charge in [-0.3, -0.25) is 0 Å². The molecule has 16 heavy (non-hydrogen) atoms. The molecular weight excluding hydrogens is 222 g/mol. The van der Waals surface area contributed by atoms with Gasteiger partial charge in [0.05, 0.1) is 4.75 Å². The lowest BCUT2D eigenvalue weighted by Crippen LogP contribution is -2.47. The Hall–Kier alpha value is -0.0900. The minimum atomic E-state index is -2.99. The molecule has 0 radical (unpaired) electrons. The Morgan fingerprint density at radius 2 is 1.50 bits per heavy atom. The van der Waals surface area contributed by atoms with E-state index in [9.17, 15) is 8.42 Å². The highest BCUT2D eigenvalue weighted by Crippen LogP contribution is 2.28. The van der Waals surface area contributed by atoms with Gasteiger partial charge in [0.2, 0.25) is 0 Å². The van der Waals surface area contributed by atoms with Crippen LogP contribution in [0.1, 0.15) is 52.9 Å². The van der Waals surface area contributed by atoms with Gasteiger partial charge in [-0.2, -0.15) is 0 Å². The van der Waals surface area contributed by atoms with E-state index in [1.165, 1.54) is 6.26 Å². The van der Waals surface area contributed by atoms with E-state index in [1.54, 1.807) is 0 Å². The predicted molar refractivity (Wildman–Crippen MR) is 70.6 cm³/mol. The molecule has 3 nitrogen and oxygen atoms in total. The van der Waals surface area contributed by atoms with Crippen molar-refractivity contribution in [1.82, 2.24) is 5.32 Å². The molecule has 4 heteroatoms. The second kappa shape index (κ2) is 7.28. The maximum Gasteiger partial charge on any atom is 0.154 e. The fourth-order valence-electron chi connectivity index (χ4n) is 2.21. The highest BCUT2D eigenvalue weighted by molar-refractivity contribution is 7.92. The van der Waals surface area contributed by atoms with Crippen LogP contribution in [0.25, 0.3) is 0 Å². The lowest BCUT2D eigenvalue weighted by molar-refractivity contribution is 0.420. The molecule has 0 spiro atoms. The first-order valence-corrected chi connectivity index (χ1v) is 8.23. The summed E-state index contributed by atoms with van der Waals surface area (Å²) in [7, 11) is -2.99. The Morgan fingerprint density at radius 3 is 1.81 bits per heavy atom. The van der Waals surface area contributed by atoms with Crippen molar-refractivity contribution in [1.29, 1.82) is 0 Å². The van der Waals surface area contributed by atoms with E-state index >= 15 is 0 Å². The van der Waals surface area contributed by atoms with Crippen molar-refractivity contribution in [3.05, 3.63) is 0 Å². The predicted octanol–water partition coefficient (Wildman–Crippen LogP) is 2.37. The van der Waals surface area contributed by atoms with Crippen LogP contribution in [0.2, 0.25) is 0 Å². The molecule has 0 aromatic rings. The molecule has 0 fully saturated rings. The number of hydrogen-bond acceptors (Lipinski definition) is 3. The molecule has 0 atom stereocenters. The second-order valence-corrected chi connectivity index (χ2v) is 7.04. The molecule has 0 aliphatic heterocycles. The van der Waals surface area contributed by atoms with E-state index < -0.39 is 14.6 Å². The first kappa shape index (κ1) is 15.9. The molecule has 0 unspecified atom stereocenters. The average molecular weight is 249 g/mol. The van der Waals surface area contributed by atoms with Crippen LogP contribution >= 0.6 is 0 Å². The molecule has 0 bridgehead atoms. The van der Waals surface area contributed by atoms with Gasteiger partial charge in [-0.1, -0.05) is 33.6 Å². The minimum Gasteiger partial charge on any atom is -0.315 e. The minimum absolute atomic E-state index is 0.550. The normalized spacial score (nSPS) is 13.0. The second-order valence-electron chi connectivity index (χ2n) is 4.63. The quantitative estimate of drug-likeness (QED) is 0.638. The molecule has 0 aliphatic rings. The Kier molecular flexibility index (Phi) is 7.24. The molecule has 0 saturated heterocycles. The van der Waals surface area contributed by atoms with Crippen LogP contribution in [0.4, 0.5) is 0 Å². The van der Waals surface area contributed by atoms with Gasteiger partial charge in [0.1, 0.15) is 0 Å². The van der Waals surface area contributed by atoms with Crippen LogP contribution in [0.3, 0.4) is 0 Å². The third-order valence-corrected chi connectivity index (χ3v) is 5.20. The van der Waals surface area contributed by atoms with Crippen molar-refractivity contribution in [2.75, 3.05) is 19.3 Å². The maximum atomic E-state index is 12.0. The summed E-state index contributed by atoms with van der Waals surface area (Å²) in [5, 5.41) is 3.27. The van der Waals surface area contributed by atoms with Gasteiger partial charge in [0.15, 0.2) is 9.84 Å². The number of rotatable bonds is 9. The van der Waals surface area contributed by atoms with E-state index in [-0.39, 0.29) is 0 Å². The SMILES string of the molecule is CCCNCC(CCC)(CCC)S(C)(=O)=O. The van der Waals surface area contributed by atoms with Crippen LogP contribution in [-0.4, -0.2) is 32.5 Å². The van der Waals surface area contributed by atoms with E-state index in [1.807, 2.05) is 0 Å². The van der Waals surface area contributed by atoms with Crippen molar-refractivity contribution < 1.29 is 8.42 Å². The van der Waals surface area contributed by atoms with Crippen molar-refractivity contribution >= 4 is 9.84 Å². The molecule has 0 amide bonds. The molecule has 1 N–H and O–H groups in total. The Balaban J connectivity index is 4.80. The highest BCUT2D eigenvalue weighted by Gasteiger charge is 2.38. The van der Waals surface area contributed by atoms with Gasteiger partial charge in [0, 0.05) is 12.8 Å². The molecule has 0 aromatic carbocycles. The topological polar surface area (TPSA) is 46.2 Å². The van der Waals surface area contributed by atoms with Crippen molar-refractivity contribution in [3.63, 3.8) is 0 Å². The van der Waals surface area contributed by atoms with Crippen LogP contribution in [-0.2, 0) is 9.84 Å². The average Bonchev–Trinajstić information content (AvgIpc) is 2.17. The third-order valence-electron chi connectivity index (χ3n) is 3.07. The number of sulfone groups is 1. The van der Waals surface area contributed by atoms with Gasteiger partial charge < -0.3 is 5.32 Å².